The lowest BCUT2D eigenvalue weighted by molar-refractivity contribution is -0.153. The molecule has 0 radical (unpaired) electrons. The molecule has 2 unspecified atom stereocenters. The highest BCUT2D eigenvalue weighted by Gasteiger charge is 2.28. The van der Waals surface area contributed by atoms with Crippen LogP contribution in [0.25, 0.3) is 0 Å². The normalized spacial score (nSPS) is 23.4. The molecule has 0 amide bonds. The second-order valence-corrected chi connectivity index (χ2v) is 5.20. The third kappa shape index (κ3) is 4.92. The number of hydrogen-bond acceptors (Lipinski definition) is 3. The van der Waals surface area contributed by atoms with Crippen LogP contribution in [-0.2, 0) is 0 Å². The third-order valence-electron chi connectivity index (χ3n) is 3.34. The fourth-order valence-corrected chi connectivity index (χ4v) is 2.41. The van der Waals surface area contributed by atoms with Crippen LogP contribution in [-0.4, -0.2) is 24.9 Å². The molecule has 6 heteroatoms. The molecule has 1 aromatic rings. The summed E-state index contributed by atoms with van der Waals surface area (Å²) in [5, 5.41) is 3.35. The van der Waals surface area contributed by atoms with Crippen LogP contribution in [0.2, 0.25) is 0 Å². The molecule has 0 saturated heterocycles. The molecule has 1 aliphatic rings. The minimum absolute atomic E-state index is 0.216. The zero-order valence-electron chi connectivity index (χ0n) is 11.1. The number of anilines is 1. The van der Waals surface area contributed by atoms with Crippen LogP contribution in [0, 0.1) is 0 Å². The Kier molecular flexibility index (Phi) is 4.75. The molecule has 0 aliphatic heterocycles. The lowest BCUT2D eigenvalue weighted by atomic mass is 9.91. The minimum atomic E-state index is -4.31. The second-order valence-electron chi connectivity index (χ2n) is 5.20. The number of alkyl halides is 3. The number of nitrogens with two attached hydrogens (primary N) is 1. The van der Waals surface area contributed by atoms with Gasteiger partial charge in [0.2, 0.25) is 0 Å². The zero-order chi connectivity index (χ0) is 14.6. The van der Waals surface area contributed by atoms with Crippen molar-refractivity contribution in [3.05, 3.63) is 24.3 Å². The highest BCUT2D eigenvalue weighted by Crippen LogP contribution is 2.23. The van der Waals surface area contributed by atoms with Gasteiger partial charge in [-0.15, -0.1) is 0 Å². The van der Waals surface area contributed by atoms with Gasteiger partial charge in [0.15, 0.2) is 6.61 Å². The highest BCUT2D eigenvalue weighted by molar-refractivity contribution is 5.47. The molecule has 112 valence electrons. The van der Waals surface area contributed by atoms with E-state index < -0.39 is 12.8 Å². The molecule has 1 fully saturated rings. The molecule has 2 atom stereocenters. The van der Waals surface area contributed by atoms with Gasteiger partial charge in [-0.3, -0.25) is 0 Å². The Morgan fingerprint density at radius 2 is 1.90 bits per heavy atom. The summed E-state index contributed by atoms with van der Waals surface area (Å²) in [5.41, 5.74) is 6.79. The Bertz CT molecular complexity index is 419. The van der Waals surface area contributed by atoms with Gasteiger partial charge in [0.05, 0.1) is 0 Å². The van der Waals surface area contributed by atoms with Crippen LogP contribution in [0.1, 0.15) is 25.7 Å². The van der Waals surface area contributed by atoms with E-state index in [0.29, 0.717) is 6.04 Å². The van der Waals surface area contributed by atoms with Gasteiger partial charge in [-0.25, -0.2) is 0 Å². The summed E-state index contributed by atoms with van der Waals surface area (Å²) < 4.78 is 40.7. The van der Waals surface area contributed by atoms with E-state index in [-0.39, 0.29) is 11.8 Å². The number of benzene rings is 1. The maximum Gasteiger partial charge on any atom is 0.422 e. The SMILES string of the molecule is NC1CCCC(Nc2ccc(OCC(F)(F)F)cc2)C1. The molecule has 1 aromatic carbocycles. The van der Waals surface area contributed by atoms with Gasteiger partial charge in [0, 0.05) is 17.8 Å². The van der Waals surface area contributed by atoms with Gasteiger partial charge in [0.1, 0.15) is 5.75 Å². The van der Waals surface area contributed by atoms with Gasteiger partial charge in [-0.2, -0.15) is 13.2 Å². The second kappa shape index (κ2) is 6.35. The van der Waals surface area contributed by atoms with E-state index in [0.717, 1.165) is 31.4 Å². The topological polar surface area (TPSA) is 47.3 Å². The summed E-state index contributed by atoms with van der Waals surface area (Å²) in [4.78, 5) is 0. The molecule has 20 heavy (non-hydrogen) atoms. The molecular weight excluding hydrogens is 269 g/mol. The molecule has 0 spiro atoms. The number of halogens is 3. The molecule has 0 heterocycles. The number of nitrogens with one attached hydrogen (secondary N) is 1. The van der Waals surface area contributed by atoms with Gasteiger partial charge in [-0.1, -0.05) is 0 Å². The first-order valence-corrected chi connectivity index (χ1v) is 6.74. The Morgan fingerprint density at radius 1 is 1.20 bits per heavy atom. The third-order valence-corrected chi connectivity index (χ3v) is 3.34. The Morgan fingerprint density at radius 3 is 2.50 bits per heavy atom. The predicted octanol–water partition coefficient (Wildman–Crippen LogP) is 3.31. The Labute approximate surface area is 116 Å². The summed E-state index contributed by atoms with van der Waals surface area (Å²) in [6.45, 7) is -1.27. The van der Waals surface area contributed by atoms with Crippen LogP contribution in [0.15, 0.2) is 24.3 Å². The molecule has 0 bridgehead atoms. The van der Waals surface area contributed by atoms with E-state index in [1.807, 2.05) is 0 Å². The van der Waals surface area contributed by atoms with Crippen molar-refractivity contribution in [3.8, 4) is 5.75 Å². The molecule has 2 rings (SSSR count). The van der Waals surface area contributed by atoms with E-state index >= 15 is 0 Å². The molecule has 3 nitrogen and oxygen atoms in total. The number of rotatable bonds is 4. The van der Waals surface area contributed by atoms with E-state index in [1.54, 1.807) is 12.1 Å². The molecule has 1 saturated carbocycles. The summed E-state index contributed by atoms with van der Waals surface area (Å²) in [6, 6.07) is 7.10. The van der Waals surface area contributed by atoms with Crippen molar-refractivity contribution in [2.75, 3.05) is 11.9 Å². The monoisotopic (exact) mass is 288 g/mol. The molecule has 1 aliphatic carbocycles. The summed E-state index contributed by atoms with van der Waals surface area (Å²) >= 11 is 0. The fourth-order valence-electron chi connectivity index (χ4n) is 2.41. The van der Waals surface area contributed by atoms with Gasteiger partial charge >= 0.3 is 6.18 Å². The van der Waals surface area contributed by atoms with E-state index in [1.165, 1.54) is 12.1 Å². The molecular formula is C14H19F3N2O. The zero-order valence-corrected chi connectivity index (χ0v) is 11.1. The first kappa shape index (κ1) is 15.0. The van der Waals surface area contributed by atoms with Crippen molar-refractivity contribution in [1.29, 1.82) is 0 Å². The standard InChI is InChI=1S/C14H19F3N2O/c15-14(16,17)9-20-13-6-4-11(5-7-13)19-12-3-1-2-10(18)8-12/h4-7,10,12,19H,1-3,8-9,18H2. The molecule has 0 aromatic heterocycles. The van der Waals surface area contributed by atoms with Gasteiger partial charge < -0.3 is 15.8 Å². The van der Waals surface area contributed by atoms with Gasteiger partial charge in [-0.05, 0) is 49.9 Å². The predicted molar refractivity (Wildman–Crippen MR) is 71.8 cm³/mol. The van der Waals surface area contributed by atoms with Crippen LogP contribution < -0.4 is 15.8 Å². The van der Waals surface area contributed by atoms with E-state index in [9.17, 15) is 13.2 Å². The minimum Gasteiger partial charge on any atom is -0.484 e. The van der Waals surface area contributed by atoms with Crippen molar-refractivity contribution in [2.24, 2.45) is 5.73 Å². The van der Waals surface area contributed by atoms with Gasteiger partial charge in [0.25, 0.3) is 0 Å². The van der Waals surface area contributed by atoms with Crippen molar-refractivity contribution >= 4 is 5.69 Å². The lowest BCUT2D eigenvalue weighted by Crippen LogP contribution is -2.34. The van der Waals surface area contributed by atoms with Crippen molar-refractivity contribution in [2.45, 2.75) is 43.9 Å². The van der Waals surface area contributed by atoms with Crippen molar-refractivity contribution in [3.63, 3.8) is 0 Å². The maximum absolute atomic E-state index is 12.0. The van der Waals surface area contributed by atoms with Crippen molar-refractivity contribution < 1.29 is 17.9 Å². The smallest absolute Gasteiger partial charge is 0.422 e. The first-order chi connectivity index (χ1) is 9.42. The van der Waals surface area contributed by atoms with Crippen LogP contribution in [0.5, 0.6) is 5.75 Å². The highest BCUT2D eigenvalue weighted by atomic mass is 19.4. The average Bonchev–Trinajstić information content (AvgIpc) is 2.37. The summed E-state index contributed by atoms with van der Waals surface area (Å²) in [7, 11) is 0. The van der Waals surface area contributed by atoms with Crippen LogP contribution >= 0.6 is 0 Å². The lowest BCUT2D eigenvalue weighted by Gasteiger charge is -2.28. The number of hydrogen-bond donors (Lipinski definition) is 2. The Balaban J connectivity index is 1.85. The van der Waals surface area contributed by atoms with E-state index in [4.69, 9.17) is 5.73 Å². The molecule has 3 N–H and O–H groups in total. The summed E-state index contributed by atoms with van der Waals surface area (Å²) in [6.07, 6.45) is -0.157. The largest absolute Gasteiger partial charge is 0.484 e. The Hall–Kier alpha value is -1.43. The van der Waals surface area contributed by atoms with Crippen LogP contribution in [0.3, 0.4) is 0 Å². The number of ether oxygens (including phenoxy) is 1. The van der Waals surface area contributed by atoms with Crippen molar-refractivity contribution in [1.82, 2.24) is 0 Å². The average molecular weight is 288 g/mol. The quantitative estimate of drug-likeness (QED) is 0.893. The maximum atomic E-state index is 12.0. The first-order valence-electron chi connectivity index (χ1n) is 6.74. The van der Waals surface area contributed by atoms with Crippen LogP contribution in [0.4, 0.5) is 18.9 Å². The summed E-state index contributed by atoms with van der Waals surface area (Å²) in [5.74, 6) is 0.216. The fraction of sp³-hybridized carbons (Fsp3) is 0.571. The van der Waals surface area contributed by atoms with E-state index in [2.05, 4.69) is 10.1 Å².